The molecule has 10 heteroatoms. The second-order valence-electron chi connectivity index (χ2n) is 11.9. The lowest BCUT2D eigenvalue weighted by atomic mass is 9.82. The molecule has 2 aliphatic heterocycles. The van der Waals surface area contributed by atoms with Crippen molar-refractivity contribution in [1.29, 1.82) is 0 Å². The third-order valence-electron chi connectivity index (χ3n) is 9.45. The average Bonchev–Trinajstić information content (AvgIpc) is 3.38. The molecular weight excluding hydrogens is 824 g/mol. The van der Waals surface area contributed by atoms with Crippen LogP contribution in [0.4, 0.5) is 0 Å². The van der Waals surface area contributed by atoms with Crippen LogP contribution >= 0.6 is 63.7 Å². The Kier molecular flexibility index (Phi) is 7.25. The van der Waals surface area contributed by atoms with Crippen LogP contribution in [0, 0.1) is 0 Å². The zero-order valence-corrected chi connectivity index (χ0v) is 29.4. The zero-order chi connectivity index (χ0) is 30.5. The Morgan fingerprint density at radius 1 is 0.568 bits per heavy atom. The van der Waals surface area contributed by atoms with Gasteiger partial charge < -0.3 is 29.5 Å². The summed E-state index contributed by atoms with van der Waals surface area (Å²) in [6.45, 7) is 0.168. The number of aliphatic hydroxyl groups is 3. The number of rotatable bonds is 2. The Morgan fingerprint density at radius 2 is 1.07 bits per heavy atom. The molecule has 5 atom stereocenters. The van der Waals surface area contributed by atoms with Crippen molar-refractivity contribution in [3.05, 3.63) is 107 Å². The van der Waals surface area contributed by atoms with Crippen LogP contribution in [-0.2, 0) is 20.7 Å². The van der Waals surface area contributed by atoms with Crippen molar-refractivity contribution in [3.63, 3.8) is 0 Å². The summed E-state index contributed by atoms with van der Waals surface area (Å²) >= 11 is 14.5. The Hall–Kier alpha value is -1.60. The molecule has 8 rings (SSSR count). The quantitative estimate of drug-likeness (QED) is 0.193. The molecule has 4 aromatic rings. The van der Waals surface area contributed by atoms with Crippen LogP contribution < -0.4 is 4.74 Å². The Morgan fingerprint density at radius 3 is 1.66 bits per heavy atom. The molecule has 0 saturated carbocycles. The standard InChI is InChI=1S/C34H26Br4O6/c35-16-1-4-20-21-5-2-17(36)8-24(21)33(23(20)7-16)13-28(40)31(15-43-33)44-30-11-19(38)10-26-32(30)22-6-3-18(37)9-25(22)34(26)12-27(39)29(41)14-42-34/h1-11,27-29,31,39-41H,12-15H2/t27-,28+,29+,31-,34?/m0/s1. The molecule has 2 heterocycles. The highest BCUT2D eigenvalue weighted by atomic mass is 79.9. The molecule has 44 heavy (non-hydrogen) atoms. The number of fused-ring (bicyclic) bond motifs is 10. The number of ether oxygens (including phenoxy) is 3. The molecule has 2 fully saturated rings. The predicted molar refractivity (Wildman–Crippen MR) is 180 cm³/mol. The van der Waals surface area contributed by atoms with Gasteiger partial charge in [-0.05, 0) is 81.9 Å². The summed E-state index contributed by atoms with van der Waals surface area (Å²) < 4.78 is 23.4. The maximum atomic E-state index is 11.8. The highest BCUT2D eigenvalue weighted by Gasteiger charge is 2.53. The maximum absolute atomic E-state index is 11.8. The molecule has 0 amide bonds. The normalized spacial score (nSPS) is 27.6. The number of halogens is 4. The molecule has 4 aromatic carbocycles. The van der Waals surface area contributed by atoms with Crippen LogP contribution in [0.3, 0.4) is 0 Å². The van der Waals surface area contributed by atoms with E-state index in [2.05, 4.69) is 88.0 Å². The first-order valence-corrected chi connectivity index (χ1v) is 17.5. The lowest BCUT2D eigenvalue weighted by Gasteiger charge is -2.42. The van der Waals surface area contributed by atoms with Crippen LogP contribution in [0.1, 0.15) is 35.1 Å². The van der Waals surface area contributed by atoms with Crippen LogP contribution in [0.15, 0.2) is 84.6 Å². The third-order valence-corrected chi connectivity index (χ3v) is 11.4. The highest BCUT2D eigenvalue weighted by Crippen LogP contribution is 2.59. The molecule has 3 N–H and O–H groups in total. The van der Waals surface area contributed by atoms with Gasteiger partial charge in [0.1, 0.15) is 29.2 Å². The summed E-state index contributed by atoms with van der Waals surface area (Å²) in [7, 11) is 0. The zero-order valence-electron chi connectivity index (χ0n) is 23.1. The Bertz CT molecular complexity index is 1790. The molecule has 226 valence electrons. The van der Waals surface area contributed by atoms with Gasteiger partial charge in [-0.3, -0.25) is 0 Å². The smallest absolute Gasteiger partial charge is 0.148 e. The molecule has 2 spiro atoms. The van der Waals surface area contributed by atoms with Crippen LogP contribution in [0.25, 0.3) is 22.3 Å². The van der Waals surface area contributed by atoms with Crippen molar-refractivity contribution in [2.24, 2.45) is 0 Å². The molecular formula is C34H26Br4O6. The van der Waals surface area contributed by atoms with Crippen molar-refractivity contribution >= 4 is 63.7 Å². The van der Waals surface area contributed by atoms with E-state index in [1.807, 2.05) is 42.5 Å². The third kappa shape index (κ3) is 4.40. The van der Waals surface area contributed by atoms with Gasteiger partial charge in [-0.15, -0.1) is 0 Å². The minimum Gasteiger partial charge on any atom is -0.485 e. The van der Waals surface area contributed by atoms with Crippen molar-refractivity contribution in [1.82, 2.24) is 0 Å². The van der Waals surface area contributed by atoms with E-state index < -0.39 is 35.6 Å². The second-order valence-corrected chi connectivity index (χ2v) is 15.6. The van der Waals surface area contributed by atoms with E-state index >= 15 is 0 Å². The summed E-state index contributed by atoms with van der Waals surface area (Å²) in [6.07, 6.45) is -2.87. The van der Waals surface area contributed by atoms with E-state index in [4.69, 9.17) is 14.2 Å². The fourth-order valence-electron chi connectivity index (χ4n) is 7.48. The highest BCUT2D eigenvalue weighted by molar-refractivity contribution is 9.11. The summed E-state index contributed by atoms with van der Waals surface area (Å²) in [4.78, 5) is 0. The SMILES string of the molecule is O[C@@H]1CC2(OC[C@@H]1Oc1cc(Br)cc3c1-c1ccc(Br)cc1C31C[C@H](O)[C@H](O)CO1)c1cc(Br)ccc1-c1ccc(Br)cc12. The number of hydrogen-bond acceptors (Lipinski definition) is 6. The molecule has 2 saturated heterocycles. The molecule has 2 aliphatic carbocycles. The van der Waals surface area contributed by atoms with Crippen molar-refractivity contribution < 1.29 is 29.5 Å². The average molecular weight is 850 g/mol. The van der Waals surface area contributed by atoms with E-state index in [1.54, 1.807) is 0 Å². The molecule has 0 bridgehead atoms. The molecule has 1 unspecified atom stereocenters. The van der Waals surface area contributed by atoms with E-state index in [-0.39, 0.29) is 19.6 Å². The Balaban J connectivity index is 1.18. The first-order valence-electron chi connectivity index (χ1n) is 14.3. The van der Waals surface area contributed by atoms with Gasteiger partial charge in [-0.25, -0.2) is 0 Å². The number of aliphatic hydroxyl groups excluding tert-OH is 3. The van der Waals surface area contributed by atoms with E-state index in [1.165, 1.54) is 0 Å². The van der Waals surface area contributed by atoms with Gasteiger partial charge in [0.15, 0.2) is 0 Å². The topological polar surface area (TPSA) is 88.4 Å². The van der Waals surface area contributed by atoms with Crippen molar-refractivity contribution in [3.8, 4) is 28.0 Å². The summed E-state index contributed by atoms with van der Waals surface area (Å²) in [6, 6.07) is 22.3. The minimum absolute atomic E-state index is 0.00169. The fraction of sp³-hybridized carbons (Fsp3) is 0.294. The van der Waals surface area contributed by atoms with Crippen molar-refractivity contribution in [2.75, 3.05) is 13.2 Å². The monoisotopic (exact) mass is 846 g/mol. The van der Waals surface area contributed by atoms with Gasteiger partial charge in [0, 0.05) is 41.9 Å². The minimum atomic E-state index is -0.961. The summed E-state index contributed by atoms with van der Waals surface area (Å²) in [5, 5.41) is 32.9. The van der Waals surface area contributed by atoms with Crippen LogP contribution in [0.2, 0.25) is 0 Å². The summed E-state index contributed by atoms with van der Waals surface area (Å²) in [5.74, 6) is 0.584. The van der Waals surface area contributed by atoms with Crippen molar-refractivity contribution in [2.45, 2.75) is 48.5 Å². The molecule has 4 aliphatic rings. The van der Waals surface area contributed by atoms with Gasteiger partial charge in [-0.1, -0.05) is 81.9 Å². The number of benzene rings is 4. The predicted octanol–water partition coefficient (Wildman–Crippen LogP) is 7.56. The second kappa shape index (κ2) is 10.7. The maximum Gasteiger partial charge on any atom is 0.148 e. The summed E-state index contributed by atoms with van der Waals surface area (Å²) in [5.41, 5.74) is 5.98. The van der Waals surface area contributed by atoms with E-state index in [0.29, 0.717) is 12.2 Å². The van der Waals surface area contributed by atoms with Gasteiger partial charge >= 0.3 is 0 Å². The fourth-order valence-corrected chi connectivity index (χ4v) is 9.00. The lowest BCUT2D eigenvalue weighted by molar-refractivity contribution is -0.157. The van der Waals surface area contributed by atoms with Gasteiger partial charge in [-0.2, -0.15) is 0 Å². The van der Waals surface area contributed by atoms with Gasteiger partial charge in [0.05, 0.1) is 25.4 Å². The number of hydrogen-bond donors (Lipinski definition) is 3. The largest absolute Gasteiger partial charge is 0.485 e. The van der Waals surface area contributed by atoms with E-state index in [9.17, 15) is 15.3 Å². The van der Waals surface area contributed by atoms with E-state index in [0.717, 1.165) is 62.4 Å². The molecule has 0 aromatic heterocycles. The van der Waals surface area contributed by atoms with Crippen LogP contribution in [-0.4, -0.2) is 52.9 Å². The van der Waals surface area contributed by atoms with Gasteiger partial charge in [0.25, 0.3) is 0 Å². The first kappa shape index (κ1) is 29.8. The molecule has 0 radical (unpaired) electrons. The van der Waals surface area contributed by atoms with Crippen LogP contribution in [0.5, 0.6) is 5.75 Å². The van der Waals surface area contributed by atoms with Gasteiger partial charge in [0.2, 0.25) is 0 Å². The lowest BCUT2D eigenvalue weighted by Crippen LogP contribution is -2.49. The molecule has 6 nitrogen and oxygen atoms in total. The Labute approximate surface area is 287 Å². The first-order chi connectivity index (χ1) is 21.1.